The number of benzene rings is 3. The highest BCUT2D eigenvalue weighted by molar-refractivity contribution is 8.00. The third-order valence-corrected chi connectivity index (χ3v) is 5.62. The van der Waals surface area contributed by atoms with Gasteiger partial charge in [0.2, 0.25) is 0 Å². The molecule has 3 aromatic carbocycles. The van der Waals surface area contributed by atoms with Crippen molar-refractivity contribution in [3.8, 4) is 0 Å². The average molecular weight is 392 g/mol. The largest absolute Gasteiger partial charge is 0.219 e. The van der Waals surface area contributed by atoms with Gasteiger partial charge >= 0.3 is 0 Å². The van der Waals surface area contributed by atoms with Gasteiger partial charge in [-0.3, -0.25) is 0 Å². The Labute approximate surface area is 168 Å². The van der Waals surface area contributed by atoms with E-state index in [1.54, 1.807) is 6.20 Å². The summed E-state index contributed by atoms with van der Waals surface area (Å²) < 4.78 is 1.99. The van der Waals surface area contributed by atoms with Gasteiger partial charge in [0.1, 0.15) is 10.6 Å². The molecule has 1 heterocycles. The van der Waals surface area contributed by atoms with Crippen LogP contribution in [0, 0.1) is 0 Å². The molecule has 4 aromatic rings. The maximum Gasteiger partial charge on any atom is 0.141 e. The lowest BCUT2D eigenvalue weighted by Gasteiger charge is -2.36. The van der Waals surface area contributed by atoms with Crippen molar-refractivity contribution in [1.82, 2.24) is 15.0 Å². The molecule has 0 spiro atoms. The van der Waals surface area contributed by atoms with E-state index >= 15 is 0 Å². The van der Waals surface area contributed by atoms with Crippen LogP contribution in [-0.2, 0) is 5.54 Å². The minimum absolute atomic E-state index is 0.432. The van der Waals surface area contributed by atoms with E-state index in [2.05, 4.69) is 83.1 Å². The summed E-state index contributed by atoms with van der Waals surface area (Å²) in [4.78, 5) is 0. The van der Waals surface area contributed by atoms with Crippen molar-refractivity contribution < 1.29 is 0 Å². The summed E-state index contributed by atoms with van der Waals surface area (Å²) >= 11 is 7.57. The highest BCUT2D eigenvalue weighted by atomic mass is 35.5. The van der Waals surface area contributed by atoms with Gasteiger partial charge in [-0.15, -0.1) is 16.7 Å². The number of nitrogens with zero attached hydrogens (tertiary/aromatic N) is 3. The zero-order valence-electron chi connectivity index (χ0n) is 14.6. The molecule has 0 aliphatic rings. The second kappa shape index (κ2) is 7.99. The molecule has 5 heteroatoms. The molecule has 0 saturated heterocycles. The molecule has 1 aromatic heterocycles. The third kappa shape index (κ3) is 3.15. The van der Waals surface area contributed by atoms with Gasteiger partial charge in [0.15, 0.2) is 0 Å². The Morgan fingerprint density at radius 1 is 0.741 bits per heavy atom. The zero-order valence-corrected chi connectivity index (χ0v) is 16.1. The van der Waals surface area contributed by atoms with E-state index in [0.29, 0.717) is 5.21 Å². The van der Waals surface area contributed by atoms with Gasteiger partial charge in [-0.2, -0.15) is 0 Å². The maximum absolute atomic E-state index is 6.05. The fourth-order valence-corrected chi connectivity index (χ4v) is 4.38. The molecule has 27 heavy (non-hydrogen) atoms. The Morgan fingerprint density at radius 3 is 1.59 bits per heavy atom. The van der Waals surface area contributed by atoms with Crippen LogP contribution in [0.25, 0.3) is 0 Å². The Balaban J connectivity index is 2.12. The first kappa shape index (κ1) is 17.8. The molecule has 134 valence electrons. The molecule has 0 aliphatic carbocycles. The van der Waals surface area contributed by atoms with Crippen LogP contribution < -0.4 is 0 Å². The lowest BCUT2D eigenvalue weighted by atomic mass is 9.77. The lowest BCUT2D eigenvalue weighted by Crippen LogP contribution is -2.39. The van der Waals surface area contributed by atoms with Crippen molar-refractivity contribution in [2.24, 2.45) is 0 Å². The summed E-state index contributed by atoms with van der Waals surface area (Å²) in [7, 11) is 0. The van der Waals surface area contributed by atoms with E-state index in [1.807, 2.05) is 22.9 Å². The van der Waals surface area contributed by atoms with E-state index in [9.17, 15) is 0 Å². The summed E-state index contributed by atoms with van der Waals surface area (Å²) in [5, 5.41) is 10.1. The van der Waals surface area contributed by atoms with E-state index in [-0.39, 0.29) is 0 Å². The molecule has 0 N–H and O–H groups in total. The van der Waals surface area contributed by atoms with Crippen LogP contribution in [0.1, 0.15) is 16.7 Å². The Kier molecular flexibility index (Phi) is 5.28. The van der Waals surface area contributed by atoms with Gasteiger partial charge in [-0.1, -0.05) is 108 Å². The highest BCUT2D eigenvalue weighted by Gasteiger charge is 2.40. The number of rotatable bonds is 6. The predicted octanol–water partition coefficient (Wildman–Crippen LogP) is 5.41. The van der Waals surface area contributed by atoms with Gasteiger partial charge in [0, 0.05) is 0 Å². The van der Waals surface area contributed by atoms with Crippen molar-refractivity contribution in [2.75, 3.05) is 5.21 Å². The normalized spacial score (nSPS) is 11.4. The van der Waals surface area contributed by atoms with E-state index in [4.69, 9.17) is 11.6 Å². The van der Waals surface area contributed by atoms with E-state index in [1.165, 1.54) is 11.8 Å². The van der Waals surface area contributed by atoms with Crippen molar-refractivity contribution >= 4 is 23.4 Å². The van der Waals surface area contributed by atoms with E-state index in [0.717, 1.165) is 21.7 Å². The minimum atomic E-state index is -0.644. The van der Waals surface area contributed by atoms with Crippen LogP contribution in [0.15, 0.2) is 102 Å². The van der Waals surface area contributed by atoms with Gasteiger partial charge in [0.25, 0.3) is 0 Å². The number of hydrogen-bond acceptors (Lipinski definition) is 3. The molecule has 0 radical (unpaired) electrons. The number of aromatic nitrogens is 3. The van der Waals surface area contributed by atoms with Gasteiger partial charge < -0.3 is 0 Å². The minimum Gasteiger partial charge on any atom is -0.219 e. The van der Waals surface area contributed by atoms with Gasteiger partial charge in [0.05, 0.1) is 11.4 Å². The number of alkyl halides is 1. The van der Waals surface area contributed by atoms with Crippen LogP contribution in [0.4, 0.5) is 0 Å². The molecule has 3 nitrogen and oxygen atoms in total. The van der Waals surface area contributed by atoms with E-state index < -0.39 is 5.54 Å². The second-order valence-electron chi connectivity index (χ2n) is 6.05. The first-order valence-electron chi connectivity index (χ1n) is 8.64. The standard InChI is InChI=1S/C22H18ClN3S/c23-17-27-21-16-24-25-26(21)22(18-10-4-1-5-11-18,19-12-6-2-7-13-19)20-14-8-3-9-15-20/h1-16H,17H2. The molecular weight excluding hydrogens is 374 g/mol. The lowest BCUT2D eigenvalue weighted by molar-refractivity contribution is 0.416. The summed E-state index contributed by atoms with van der Waals surface area (Å²) in [6.07, 6.45) is 1.77. The van der Waals surface area contributed by atoms with Crippen LogP contribution in [-0.4, -0.2) is 20.2 Å². The molecule has 0 unspecified atom stereocenters. The summed E-state index contributed by atoms with van der Waals surface area (Å²) in [5.41, 5.74) is 2.70. The van der Waals surface area contributed by atoms with Gasteiger partial charge in [-0.05, 0) is 16.7 Å². The molecule has 0 aliphatic heterocycles. The fraction of sp³-hybridized carbons (Fsp3) is 0.0909. The Bertz CT molecular complexity index is 891. The molecule has 0 bridgehead atoms. The smallest absolute Gasteiger partial charge is 0.141 e. The van der Waals surface area contributed by atoms with Crippen LogP contribution in [0.3, 0.4) is 0 Å². The number of hydrogen-bond donors (Lipinski definition) is 0. The van der Waals surface area contributed by atoms with Crippen LogP contribution in [0.2, 0.25) is 0 Å². The summed E-state index contributed by atoms with van der Waals surface area (Å²) in [6.45, 7) is 0. The SMILES string of the molecule is ClCSc1cnnn1C(c1ccccc1)(c1ccccc1)c1ccccc1. The van der Waals surface area contributed by atoms with Crippen molar-refractivity contribution in [2.45, 2.75) is 10.6 Å². The highest BCUT2D eigenvalue weighted by Crippen LogP contribution is 2.42. The molecule has 0 fully saturated rings. The zero-order chi connectivity index (χ0) is 18.5. The summed E-state index contributed by atoms with van der Waals surface area (Å²) in [5.74, 6) is 0. The molecule has 0 saturated carbocycles. The van der Waals surface area contributed by atoms with Crippen LogP contribution in [0.5, 0.6) is 0 Å². The van der Waals surface area contributed by atoms with Gasteiger partial charge in [-0.25, -0.2) is 4.68 Å². The predicted molar refractivity (Wildman–Crippen MR) is 111 cm³/mol. The molecule has 0 amide bonds. The molecular formula is C22H18ClN3S. The quantitative estimate of drug-likeness (QED) is 0.250. The van der Waals surface area contributed by atoms with Crippen molar-refractivity contribution in [3.63, 3.8) is 0 Å². The molecule has 0 atom stereocenters. The number of thioether (sulfide) groups is 1. The first-order valence-corrected chi connectivity index (χ1v) is 10.2. The number of halogens is 1. The average Bonchev–Trinajstić information content (AvgIpc) is 3.20. The van der Waals surface area contributed by atoms with Crippen molar-refractivity contribution in [1.29, 1.82) is 0 Å². The fourth-order valence-electron chi connectivity index (χ4n) is 3.52. The van der Waals surface area contributed by atoms with Crippen LogP contribution >= 0.6 is 23.4 Å². The molecule has 4 rings (SSSR count). The maximum atomic E-state index is 6.05. The monoisotopic (exact) mass is 391 g/mol. The summed E-state index contributed by atoms with van der Waals surface area (Å²) in [6, 6.07) is 31.2. The Hall–Kier alpha value is -2.56. The van der Waals surface area contributed by atoms with Crippen molar-refractivity contribution in [3.05, 3.63) is 114 Å². The first-order chi connectivity index (χ1) is 13.4. The second-order valence-corrected chi connectivity index (χ2v) is 7.63. The Morgan fingerprint density at radius 2 is 1.19 bits per heavy atom. The third-order valence-electron chi connectivity index (χ3n) is 4.61. The topological polar surface area (TPSA) is 30.7 Å².